The maximum Gasteiger partial charge on any atom is 0.315 e. The fourth-order valence-electron chi connectivity index (χ4n) is 3.47. The van der Waals surface area contributed by atoms with Crippen molar-refractivity contribution < 1.29 is 9.53 Å². The highest BCUT2D eigenvalue weighted by molar-refractivity contribution is 5.74. The molecule has 1 saturated heterocycles. The molecule has 28 heavy (non-hydrogen) atoms. The molecule has 1 aliphatic heterocycles. The Bertz CT molecular complexity index is 730. The van der Waals surface area contributed by atoms with Crippen LogP contribution in [0.5, 0.6) is 5.75 Å². The molecule has 1 aliphatic rings. The van der Waals surface area contributed by atoms with Gasteiger partial charge in [0.15, 0.2) is 0 Å². The Balaban J connectivity index is 1.33. The van der Waals surface area contributed by atoms with Crippen molar-refractivity contribution >= 4 is 6.03 Å². The fraction of sp³-hybridized carbons (Fsp3) is 0.455. The molecule has 2 heterocycles. The second-order valence-electron chi connectivity index (χ2n) is 7.10. The number of nitrogens with zero attached hydrogens (tertiary/aromatic N) is 2. The van der Waals surface area contributed by atoms with Crippen molar-refractivity contribution in [2.75, 3.05) is 26.2 Å². The average molecular weight is 383 g/mol. The maximum atomic E-state index is 12.2. The van der Waals surface area contributed by atoms with Gasteiger partial charge in [0.1, 0.15) is 5.75 Å². The zero-order chi connectivity index (χ0) is 19.6. The lowest BCUT2D eigenvalue weighted by molar-refractivity contribution is 0.185. The highest BCUT2D eigenvalue weighted by Crippen LogP contribution is 2.14. The largest absolute Gasteiger partial charge is 0.494 e. The van der Waals surface area contributed by atoms with Gasteiger partial charge in [-0.15, -0.1) is 0 Å². The number of pyridine rings is 1. The van der Waals surface area contributed by atoms with Crippen LogP contribution in [0, 0.1) is 0 Å². The van der Waals surface area contributed by atoms with E-state index in [9.17, 15) is 4.79 Å². The molecule has 1 fully saturated rings. The van der Waals surface area contributed by atoms with Crippen LogP contribution in [-0.4, -0.2) is 48.2 Å². The van der Waals surface area contributed by atoms with E-state index in [0.717, 1.165) is 55.9 Å². The van der Waals surface area contributed by atoms with Gasteiger partial charge >= 0.3 is 6.03 Å². The third-order valence-electron chi connectivity index (χ3n) is 4.94. The number of benzene rings is 1. The summed E-state index contributed by atoms with van der Waals surface area (Å²) in [6, 6.07) is 14.2. The van der Waals surface area contributed by atoms with Gasteiger partial charge in [-0.3, -0.25) is 9.88 Å². The normalized spacial score (nSPS) is 15.2. The number of piperidine rings is 1. The van der Waals surface area contributed by atoms with E-state index in [4.69, 9.17) is 4.74 Å². The molecule has 0 aliphatic carbocycles. The minimum Gasteiger partial charge on any atom is -0.494 e. The number of likely N-dealkylation sites (tertiary alicyclic amines) is 1. The number of hydrogen-bond acceptors (Lipinski definition) is 4. The summed E-state index contributed by atoms with van der Waals surface area (Å²) in [6.07, 6.45) is 4.56. The molecule has 2 N–H and O–H groups in total. The van der Waals surface area contributed by atoms with E-state index in [2.05, 4.69) is 32.7 Å². The van der Waals surface area contributed by atoms with Crippen molar-refractivity contribution in [2.24, 2.45) is 0 Å². The monoisotopic (exact) mass is 382 g/mol. The number of rotatable bonds is 8. The third-order valence-corrected chi connectivity index (χ3v) is 4.94. The lowest BCUT2D eigenvalue weighted by atomic mass is 10.1. The molecule has 0 spiro atoms. The number of nitrogens with one attached hydrogen (secondary N) is 2. The quantitative estimate of drug-likeness (QED) is 0.737. The minimum atomic E-state index is -0.0795. The van der Waals surface area contributed by atoms with E-state index in [1.54, 1.807) is 0 Å². The van der Waals surface area contributed by atoms with Crippen molar-refractivity contribution in [3.8, 4) is 5.75 Å². The van der Waals surface area contributed by atoms with Gasteiger partial charge in [0, 0.05) is 38.4 Å². The second-order valence-corrected chi connectivity index (χ2v) is 7.10. The Kier molecular flexibility index (Phi) is 7.67. The van der Waals surface area contributed by atoms with Crippen molar-refractivity contribution in [3.63, 3.8) is 0 Å². The van der Waals surface area contributed by atoms with Gasteiger partial charge in [-0.25, -0.2) is 4.79 Å². The molecule has 3 rings (SSSR count). The van der Waals surface area contributed by atoms with E-state index in [1.165, 1.54) is 0 Å². The summed E-state index contributed by atoms with van der Waals surface area (Å²) in [7, 11) is 0. The standard InChI is InChI=1S/C22H30N4O2/c1-2-28-21-8-5-6-18(16-21)9-13-24-22(27)25-19-10-14-26(15-11-19)17-20-7-3-4-12-23-20/h3-8,12,16,19H,2,9-11,13-15,17H2,1H3,(H2,24,25,27). The molecule has 0 radical (unpaired) electrons. The summed E-state index contributed by atoms with van der Waals surface area (Å²) < 4.78 is 5.51. The van der Waals surface area contributed by atoms with Gasteiger partial charge in [-0.1, -0.05) is 18.2 Å². The lowest BCUT2D eigenvalue weighted by Gasteiger charge is -2.32. The van der Waals surface area contributed by atoms with Gasteiger partial charge in [0.2, 0.25) is 0 Å². The van der Waals surface area contributed by atoms with Gasteiger partial charge in [0.05, 0.1) is 12.3 Å². The summed E-state index contributed by atoms with van der Waals surface area (Å²) in [5.41, 5.74) is 2.26. The molecular formula is C22H30N4O2. The number of carbonyl (C=O) groups excluding carboxylic acids is 1. The Morgan fingerprint density at radius 1 is 1.21 bits per heavy atom. The van der Waals surface area contributed by atoms with E-state index in [0.29, 0.717) is 13.2 Å². The predicted molar refractivity (Wildman–Crippen MR) is 110 cm³/mol. The first-order chi connectivity index (χ1) is 13.7. The molecule has 0 unspecified atom stereocenters. The zero-order valence-electron chi connectivity index (χ0n) is 16.6. The molecule has 150 valence electrons. The molecule has 0 atom stereocenters. The van der Waals surface area contributed by atoms with E-state index in [1.807, 2.05) is 43.5 Å². The van der Waals surface area contributed by atoms with Crippen molar-refractivity contribution in [1.82, 2.24) is 20.5 Å². The second kappa shape index (κ2) is 10.7. The molecule has 6 heteroatoms. The van der Waals surface area contributed by atoms with Crippen LogP contribution in [0.3, 0.4) is 0 Å². The minimum absolute atomic E-state index is 0.0795. The first kappa shape index (κ1) is 20.1. The summed E-state index contributed by atoms with van der Waals surface area (Å²) >= 11 is 0. The summed E-state index contributed by atoms with van der Waals surface area (Å²) in [6.45, 7) is 6.07. The number of aromatic nitrogens is 1. The third kappa shape index (κ3) is 6.53. The van der Waals surface area contributed by atoms with E-state index in [-0.39, 0.29) is 12.1 Å². The van der Waals surface area contributed by atoms with Gasteiger partial charge in [-0.05, 0) is 56.0 Å². The molecule has 2 aromatic rings. The maximum absolute atomic E-state index is 12.2. The number of amides is 2. The van der Waals surface area contributed by atoms with Crippen molar-refractivity contribution in [1.29, 1.82) is 0 Å². The predicted octanol–water partition coefficient (Wildman–Crippen LogP) is 2.99. The van der Waals surface area contributed by atoms with Crippen LogP contribution in [0.2, 0.25) is 0 Å². The molecule has 0 bridgehead atoms. The SMILES string of the molecule is CCOc1cccc(CCNC(=O)NC2CCN(Cc3ccccn3)CC2)c1. The van der Waals surface area contributed by atoms with Crippen LogP contribution >= 0.6 is 0 Å². The first-order valence-corrected chi connectivity index (χ1v) is 10.1. The summed E-state index contributed by atoms with van der Waals surface area (Å²) in [5, 5.41) is 6.07. The molecule has 6 nitrogen and oxygen atoms in total. The van der Waals surface area contributed by atoms with Crippen LogP contribution < -0.4 is 15.4 Å². The van der Waals surface area contributed by atoms with Crippen LogP contribution in [0.15, 0.2) is 48.7 Å². The highest BCUT2D eigenvalue weighted by Gasteiger charge is 2.20. The van der Waals surface area contributed by atoms with Crippen LogP contribution in [0.1, 0.15) is 31.0 Å². The fourth-order valence-corrected chi connectivity index (χ4v) is 3.47. The van der Waals surface area contributed by atoms with Crippen molar-refractivity contribution in [2.45, 2.75) is 38.8 Å². The molecule has 0 saturated carbocycles. The molecule has 1 aromatic heterocycles. The Labute approximate surface area is 167 Å². The Morgan fingerprint density at radius 3 is 2.82 bits per heavy atom. The molecular weight excluding hydrogens is 352 g/mol. The average Bonchev–Trinajstić information content (AvgIpc) is 2.71. The first-order valence-electron chi connectivity index (χ1n) is 10.1. The van der Waals surface area contributed by atoms with Crippen LogP contribution in [0.4, 0.5) is 4.79 Å². The summed E-state index contributed by atoms with van der Waals surface area (Å²) in [5.74, 6) is 0.877. The number of carbonyl (C=O) groups is 1. The zero-order valence-corrected chi connectivity index (χ0v) is 16.6. The Morgan fingerprint density at radius 2 is 2.07 bits per heavy atom. The highest BCUT2D eigenvalue weighted by atomic mass is 16.5. The molecule has 1 aromatic carbocycles. The number of hydrogen-bond donors (Lipinski definition) is 2. The van der Waals surface area contributed by atoms with Gasteiger partial charge in [0.25, 0.3) is 0 Å². The summed E-state index contributed by atoms with van der Waals surface area (Å²) in [4.78, 5) is 19.0. The smallest absolute Gasteiger partial charge is 0.315 e. The van der Waals surface area contributed by atoms with Crippen molar-refractivity contribution in [3.05, 3.63) is 59.9 Å². The van der Waals surface area contributed by atoms with Crippen LogP contribution in [-0.2, 0) is 13.0 Å². The van der Waals surface area contributed by atoms with Gasteiger partial charge < -0.3 is 15.4 Å². The topological polar surface area (TPSA) is 66.5 Å². The molecule has 2 amide bonds. The number of urea groups is 1. The van der Waals surface area contributed by atoms with Crippen LogP contribution in [0.25, 0.3) is 0 Å². The lowest BCUT2D eigenvalue weighted by Crippen LogP contribution is -2.48. The number of ether oxygens (including phenoxy) is 1. The van der Waals surface area contributed by atoms with E-state index < -0.39 is 0 Å². The van der Waals surface area contributed by atoms with E-state index >= 15 is 0 Å². The Hall–Kier alpha value is -2.60. The van der Waals surface area contributed by atoms with Gasteiger partial charge in [-0.2, -0.15) is 0 Å².